The van der Waals surface area contributed by atoms with E-state index in [1.165, 1.54) is 12.1 Å². The molecule has 0 spiro atoms. The van der Waals surface area contributed by atoms with Gasteiger partial charge in [-0.05, 0) is 17.7 Å². The van der Waals surface area contributed by atoms with Crippen LogP contribution >= 0.6 is 11.6 Å². The monoisotopic (exact) mass is 236 g/mol. The minimum absolute atomic E-state index is 0.0326. The minimum Gasteiger partial charge on any atom is -0.383 e. The van der Waals surface area contributed by atoms with Crippen molar-refractivity contribution >= 4 is 11.6 Å². The molecule has 15 heavy (non-hydrogen) atoms. The van der Waals surface area contributed by atoms with Crippen molar-refractivity contribution in [3.05, 3.63) is 47.0 Å². The molecule has 0 fully saturated rings. The maximum atomic E-state index is 12.2. The van der Waals surface area contributed by atoms with E-state index in [2.05, 4.69) is 6.58 Å². The van der Waals surface area contributed by atoms with Gasteiger partial charge in [-0.3, -0.25) is 0 Å². The number of rotatable bonds is 2. The molecule has 5 heteroatoms. The molecule has 1 N–H and O–H groups in total. The lowest BCUT2D eigenvalue weighted by Gasteiger charge is -2.11. The fraction of sp³-hybridized carbons (Fsp3) is 0.200. The summed E-state index contributed by atoms with van der Waals surface area (Å²) in [5, 5.41) is 9.35. The molecule has 0 bridgehead atoms. The molecule has 1 rings (SSSR count). The maximum Gasteiger partial charge on any atom is 0.416 e. The highest BCUT2D eigenvalue weighted by Gasteiger charge is 2.30. The van der Waals surface area contributed by atoms with Gasteiger partial charge in [0, 0.05) is 5.03 Å². The van der Waals surface area contributed by atoms with Crippen molar-refractivity contribution in [2.45, 2.75) is 12.3 Å². The number of hydrogen-bond donors (Lipinski definition) is 1. The number of aliphatic hydroxyl groups excluding tert-OH is 1. The summed E-state index contributed by atoms with van der Waals surface area (Å²) in [5.74, 6) is 0. The number of aliphatic hydroxyl groups is 1. The third-order valence-corrected chi connectivity index (χ3v) is 2.06. The number of benzene rings is 1. The Morgan fingerprint density at radius 2 is 1.73 bits per heavy atom. The van der Waals surface area contributed by atoms with Crippen LogP contribution in [0.3, 0.4) is 0 Å². The highest BCUT2D eigenvalue weighted by molar-refractivity contribution is 6.29. The summed E-state index contributed by atoms with van der Waals surface area (Å²) in [6.07, 6.45) is -5.52. The van der Waals surface area contributed by atoms with Crippen LogP contribution in [0.15, 0.2) is 35.9 Å². The summed E-state index contributed by atoms with van der Waals surface area (Å²) in [6.45, 7) is 3.30. The molecule has 0 aliphatic heterocycles. The first-order valence-corrected chi connectivity index (χ1v) is 4.39. The maximum absolute atomic E-state index is 12.2. The lowest BCUT2D eigenvalue weighted by molar-refractivity contribution is -0.137. The molecule has 1 aromatic rings. The average molecular weight is 237 g/mol. The van der Waals surface area contributed by atoms with Crippen LogP contribution in [0.25, 0.3) is 0 Å². The molecule has 0 heterocycles. The van der Waals surface area contributed by atoms with E-state index < -0.39 is 17.8 Å². The summed E-state index contributed by atoms with van der Waals surface area (Å²) in [5.41, 5.74) is -0.485. The van der Waals surface area contributed by atoms with Gasteiger partial charge in [-0.1, -0.05) is 30.3 Å². The Hall–Kier alpha value is -1.00. The molecule has 0 aromatic heterocycles. The van der Waals surface area contributed by atoms with E-state index in [0.29, 0.717) is 0 Å². The normalized spacial score (nSPS) is 13.7. The Bertz CT molecular complexity index is 356. The standard InChI is InChI=1S/C10H8ClF3O/c1-6(11)9(15)7-2-4-8(5-3-7)10(12,13)14/h2-5,9,15H,1H2. The summed E-state index contributed by atoms with van der Waals surface area (Å²) < 4.78 is 36.5. The van der Waals surface area contributed by atoms with Gasteiger partial charge in [0.2, 0.25) is 0 Å². The van der Waals surface area contributed by atoms with E-state index in [4.69, 9.17) is 11.6 Å². The van der Waals surface area contributed by atoms with E-state index in [0.717, 1.165) is 12.1 Å². The second-order valence-electron chi connectivity index (χ2n) is 2.97. The van der Waals surface area contributed by atoms with Crippen LogP contribution in [0, 0.1) is 0 Å². The lowest BCUT2D eigenvalue weighted by atomic mass is 10.1. The summed E-state index contributed by atoms with van der Waals surface area (Å²) in [7, 11) is 0. The predicted octanol–water partition coefficient (Wildman–Crippen LogP) is 3.49. The van der Waals surface area contributed by atoms with Crippen molar-refractivity contribution in [2.75, 3.05) is 0 Å². The van der Waals surface area contributed by atoms with Gasteiger partial charge in [0.15, 0.2) is 0 Å². The molecule has 1 aromatic carbocycles. The Balaban J connectivity index is 2.95. The fourth-order valence-corrected chi connectivity index (χ4v) is 1.16. The van der Waals surface area contributed by atoms with Gasteiger partial charge in [-0.15, -0.1) is 0 Å². The molecular weight excluding hydrogens is 229 g/mol. The second-order valence-corrected chi connectivity index (χ2v) is 3.45. The van der Waals surface area contributed by atoms with Crippen LogP contribution < -0.4 is 0 Å². The van der Waals surface area contributed by atoms with Crippen LogP contribution in [-0.2, 0) is 6.18 Å². The minimum atomic E-state index is -4.37. The van der Waals surface area contributed by atoms with Gasteiger partial charge < -0.3 is 5.11 Å². The van der Waals surface area contributed by atoms with Crippen molar-refractivity contribution in [1.29, 1.82) is 0 Å². The third-order valence-electron chi connectivity index (χ3n) is 1.85. The first-order valence-electron chi connectivity index (χ1n) is 4.02. The van der Waals surface area contributed by atoms with Gasteiger partial charge in [0.05, 0.1) is 5.56 Å². The smallest absolute Gasteiger partial charge is 0.383 e. The summed E-state index contributed by atoms with van der Waals surface area (Å²) in [4.78, 5) is 0. The molecule has 1 atom stereocenters. The van der Waals surface area contributed by atoms with Gasteiger partial charge >= 0.3 is 6.18 Å². The zero-order valence-corrected chi connectivity index (χ0v) is 8.31. The highest BCUT2D eigenvalue weighted by Crippen LogP contribution is 2.31. The van der Waals surface area contributed by atoms with Gasteiger partial charge in [0.1, 0.15) is 6.10 Å². The summed E-state index contributed by atoms with van der Waals surface area (Å²) >= 11 is 5.43. The molecule has 0 aliphatic rings. The van der Waals surface area contributed by atoms with Crippen molar-refractivity contribution in [3.8, 4) is 0 Å². The average Bonchev–Trinajstić information content (AvgIpc) is 2.15. The summed E-state index contributed by atoms with van der Waals surface area (Å²) in [6, 6.07) is 4.11. The van der Waals surface area contributed by atoms with E-state index in [1.54, 1.807) is 0 Å². The van der Waals surface area contributed by atoms with Crippen molar-refractivity contribution in [2.24, 2.45) is 0 Å². The molecule has 0 radical (unpaired) electrons. The van der Waals surface area contributed by atoms with Crippen LogP contribution in [-0.4, -0.2) is 5.11 Å². The first-order chi connectivity index (χ1) is 6.82. The number of halogens is 4. The van der Waals surface area contributed by atoms with Crippen LogP contribution in [0.4, 0.5) is 13.2 Å². The zero-order valence-electron chi connectivity index (χ0n) is 7.55. The van der Waals surface area contributed by atoms with Gasteiger partial charge in [-0.2, -0.15) is 13.2 Å². The van der Waals surface area contributed by atoms with Crippen LogP contribution in [0.2, 0.25) is 0 Å². The van der Waals surface area contributed by atoms with Crippen LogP contribution in [0.5, 0.6) is 0 Å². The van der Waals surface area contributed by atoms with E-state index in [9.17, 15) is 18.3 Å². The van der Waals surface area contributed by atoms with Crippen LogP contribution in [0.1, 0.15) is 17.2 Å². The fourth-order valence-electron chi connectivity index (χ4n) is 1.04. The molecule has 1 nitrogen and oxygen atoms in total. The molecule has 1 unspecified atom stereocenters. The quantitative estimate of drug-likeness (QED) is 0.833. The number of alkyl halides is 3. The van der Waals surface area contributed by atoms with Crippen molar-refractivity contribution in [1.82, 2.24) is 0 Å². The van der Waals surface area contributed by atoms with E-state index >= 15 is 0 Å². The molecule has 0 aliphatic carbocycles. The van der Waals surface area contributed by atoms with E-state index in [1.807, 2.05) is 0 Å². The molecule has 0 saturated heterocycles. The van der Waals surface area contributed by atoms with Crippen molar-refractivity contribution < 1.29 is 18.3 Å². The van der Waals surface area contributed by atoms with E-state index in [-0.39, 0.29) is 10.6 Å². The Morgan fingerprint density at radius 1 is 1.27 bits per heavy atom. The Kier molecular flexibility index (Phi) is 3.42. The first kappa shape index (κ1) is 12.1. The third kappa shape index (κ3) is 2.97. The Labute approximate surface area is 89.8 Å². The number of hydrogen-bond acceptors (Lipinski definition) is 1. The largest absolute Gasteiger partial charge is 0.416 e. The topological polar surface area (TPSA) is 20.2 Å². The van der Waals surface area contributed by atoms with Crippen molar-refractivity contribution in [3.63, 3.8) is 0 Å². The SMILES string of the molecule is C=C(Cl)C(O)c1ccc(C(F)(F)F)cc1. The molecule has 0 saturated carbocycles. The van der Waals surface area contributed by atoms with Gasteiger partial charge in [0.25, 0.3) is 0 Å². The molecule has 0 amide bonds. The Morgan fingerprint density at radius 3 is 2.07 bits per heavy atom. The van der Waals surface area contributed by atoms with Gasteiger partial charge in [-0.25, -0.2) is 0 Å². The predicted molar refractivity (Wildman–Crippen MR) is 51.4 cm³/mol. The molecular formula is C10H8ClF3O. The zero-order chi connectivity index (χ0) is 11.6. The molecule has 82 valence electrons. The lowest BCUT2D eigenvalue weighted by Crippen LogP contribution is -2.05. The highest BCUT2D eigenvalue weighted by atomic mass is 35.5. The second kappa shape index (κ2) is 4.24.